The van der Waals surface area contributed by atoms with E-state index >= 15 is 0 Å². The lowest BCUT2D eigenvalue weighted by Crippen LogP contribution is -2.11. The first-order chi connectivity index (χ1) is 9.95. The second kappa shape index (κ2) is 6.09. The van der Waals surface area contributed by atoms with E-state index < -0.39 is 16.8 Å². The van der Waals surface area contributed by atoms with Crippen LogP contribution in [-0.2, 0) is 4.79 Å². The number of aromatic nitrogens is 1. The number of benzene rings is 1. The number of ether oxygens (including phenoxy) is 1. The van der Waals surface area contributed by atoms with Crippen LogP contribution in [-0.4, -0.2) is 21.8 Å². The monoisotopic (exact) mass is 307 g/mol. The minimum atomic E-state index is -0.582. The van der Waals surface area contributed by atoms with Crippen molar-refractivity contribution >= 4 is 33.3 Å². The van der Waals surface area contributed by atoms with E-state index in [0.717, 1.165) is 17.5 Å². The Kier molecular flexibility index (Phi) is 4.24. The summed E-state index contributed by atoms with van der Waals surface area (Å²) >= 11 is 0.764. The van der Waals surface area contributed by atoms with Crippen LogP contribution in [0.25, 0.3) is 0 Å². The van der Waals surface area contributed by atoms with Gasteiger partial charge in [0.25, 0.3) is 5.91 Å². The Morgan fingerprint density at radius 1 is 1.33 bits per heavy atom. The largest absolute Gasteiger partial charge is 0.427 e. The smallest absolute Gasteiger partial charge is 0.345 e. The summed E-state index contributed by atoms with van der Waals surface area (Å²) in [6.45, 7) is 1.27. The van der Waals surface area contributed by atoms with Gasteiger partial charge in [0.2, 0.25) is 0 Å². The Hall–Kier alpha value is -2.81. The number of esters is 1. The average molecular weight is 307 g/mol. The summed E-state index contributed by atoms with van der Waals surface area (Å²) in [5.74, 6) is -0.597. The number of carbonyl (C=O) groups is 2. The quantitative estimate of drug-likeness (QED) is 0.401. The first kappa shape index (κ1) is 14.6. The molecule has 9 heteroatoms. The van der Waals surface area contributed by atoms with Crippen molar-refractivity contribution in [3.8, 4) is 5.75 Å². The minimum Gasteiger partial charge on any atom is -0.427 e. The Bertz CT molecular complexity index is 695. The third kappa shape index (κ3) is 3.83. The molecule has 2 rings (SSSR count). The van der Waals surface area contributed by atoms with Gasteiger partial charge in [-0.15, -0.1) is 0 Å². The molecule has 8 nitrogen and oxygen atoms in total. The molecule has 0 spiro atoms. The number of thiazole rings is 1. The zero-order chi connectivity index (χ0) is 15.4. The second-order valence-electron chi connectivity index (χ2n) is 3.83. The third-order valence-corrected chi connectivity index (χ3v) is 3.14. The number of hydrogen-bond donors (Lipinski definition) is 1. The fourth-order valence-electron chi connectivity index (χ4n) is 1.42. The van der Waals surface area contributed by atoms with Crippen molar-refractivity contribution in [2.75, 3.05) is 5.32 Å². The van der Waals surface area contributed by atoms with Gasteiger partial charge >= 0.3 is 11.0 Å². The molecule has 0 atom stereocenters. The predicted molar refractivity (Wildman–Crippen MR) is 74.5 cm³/mol. The van der Waals surface area contributed by atoms with Crippen LogP contribution in [0.3, 0.4) is 0 Å². The van der Waals surface area contributed by atoms with Crippen LogP contribution in [0.5, 0.6) is 5.75 Å². The zero-order valence-electron chi connectivity index (χ0n) is 10.7. The lowest BCUT2D eigenvalue weighted by atomic mass is 10.2. The maximum Gasteiger partial charge on any atom is 0.345 e. The number of nitro groups is 1. The lowest BCUT2D eigenvalue weighted by Gasteiger charge is -2.03. The molecule has 0 aliphatic carbocycles. The molecule has 0 saturated heterocycles. The maximum atomic E-state index is 11.9. The van der Waals surface area contributed by atoms with Gasteiger partial charge in [-0.25, -0.2) is 4.98 Å². The van der Waals surface area contributed by atoms with Crippen molar-refractivity contribution in [2.45, 2.75) is 6.92 Å². The minimum absolute atomic E-state index is 0.135. The Morgan fingerprint density at radius 3 is 2.52 bits per heavy atom. The predicted octanol–water partition coefficient (Wildman–Crippen LogP) is 2.23. The normalized spacial score (nSPS) is 9.95. The van der Waals surface area contributed by atoms with Crippen molar-refractivity contribution in [1.82, 2.24) is 4.98 Å². The number of nitrogens with one attached hydrogen (secondary N) is 1. The molecule has 1 aromatic carbocycles. The molecule has 1 heterocycles. The summed E-state index contributed by atoms with van der Waals surface area (Å²) in [6.07, 6.45) is 1.07. The highest BCUT2D eigenvalue weighted by Crippen LogP contribution is 2.25. The number of hydrogen-bond acceptors (Lipinski definition) is 7. The van der Waals surface area contributed by atoms with Crippen LogP contribution in [0.2, 0.25) is 0 Å². The van der Waals surface area contributed by atoms with E-state index in [2.05, 4.69) is 10.3 Å². The van der Waals surface area contributed by atoms with E-state index in [-0.39, 0.29) is 10.1 Å². The fraction of sp³-hybridized carbons (Fsp3) is 0.0833. The Morgan fingerprint density at radius 2 is 2.00 bits per heavy atom. The van der Waals surface area contributed by atoms with Gasteiger partial charge in [0, 0.05) is 12.5 Å². The molecule has 1 aromatic heterocycles. The van der Waals surface area contributed by atoms with Crippen LogP contribution in [0.4, 0.5) is 10.1 Å². The van der Waals surface area contributed by atoms with Crippen LogP contribution in [0.1, 0.15) is 17.3 Å². The van der Waals surface area contributed by atoms with Crippen molar-refractivity contribution in [3.05, 3.63) is 46.1 Å². The topological polar surface area (TPSA) is 111 Å². The van der Waals surface area contributed by atoms with Crippen LogP contribution in [0, 0.1) is 10.1 Å². The molecule has 21 heavy (non-hydrogen) atoms. The summed E-state index contributed by atoms with van der Waals surface area (Å²) < 4.78 is 4.84. The molecule has 0 aliphatic rings. The standard InChI is InChI=1S/C12H9N3O5S/c1-7(16)20-9-4-2-8(3-5-9)11(17)14-12-13-6-10(21-12)15(18)19/h2-6H,1H3,(H,13,14,17). The number of anilines is 1. The van der Waals surface area contributed by atoms with E-state index in [1.807, 2.05) is 0 Å². The molecule has 1 amide bonds. The average Bonchev–Trinajstić information content (AvgIpc) is 2.87. The molecule has 0 fully saturated rings. The highest BCUT2D eigenvalue weighted by atomic mass is 32.1. The highest BCUT2D eigenvalue weighted by molar-refractivity contribution is 7.18. The van der Waals surface area contributed by atoms with Gasteiger partial charge < -0.3 is 4.74 Å². The van der Waals surface area contributed by atoms with E-state index in [1.54, 1.807) is 0 Å². The summed E-state index contributed by atoms with van der Waals surface area (Å²) in [5, 5.41) is 12.9. The number of rotatable bonds is 4. The number of amides is 1. The van der Waals surface area contributed by atoms with E-state index in [4.69, 9.17) is 4.74 Å². The van der Waals surface area contributed by atoms with Gasteiger partial charge in [-0.2, -0.15) is 0 Å². The first-order valence-corrected chi connectivity index (χ1v) is 6.47. The van der Waals surface area contributed by atoms with Gasteiger partial charge in [0.05, 0.1) is 4.92 Å². The Balaban J connectivity index is 2.05. The molecule has 2 aromatic rings. The molecule has 1 N–H and O–H groups in total. The van der Waals surface area contributed by atoms with Gasteiger partial charge in [-0.3, -0.25) is 25.0 Å². The molecule has 0 unspecified atom stereocenters. The van der Waals surface area contributed by atoms with E-state index in [0.29, 0.717) is 11.3 Å². The van der Waals surface area contributed by atoms with Crippen LogP contribution < -0.4 is 10.1 Å². The molecule has 0 bridgehead atoms. The molecule has 0 aliphatic heterocycles. The summed E-state index contributed by atoms with van der Waals surface area (Å²) in [7, 11) is 0. The van der Waals surface area contributed by atoms with Gasteiger partial charge in [0.1, 0.15) is 11.9 Å². The highest BCUT2D eigenvalue weighted by Gasteiger charge is 2.14. The number of carbonyl (C=O) groups excluding carboxylic acids is 2. The SMILES string of the molecule is CC(=O)Oc1ccc(C(=O)Nc2ncc([N+](=O)[O-])s2)cc1. The third-order valence-electron chi connectivity index (χ3n) is 2.27. The summed E-state index contributed by atoms with van der Waals surface area (Å²) in [6, 6.07) is 5.88. The zero-order valence-corrected chi connectivity index (χ0v) is 11.5. The molecular formula is C12H9N3O5S. The van der Waals surface area contributed by atoms with Crippen molar-refractivity contribution in [2.24, 2.45) is 0 Å². The molecule has 0 radical (unpaired) electrons. The second-order valence-corrected chi connectivity index (χ2v) is 4.84. The summed E-state index contributed by atoms with van der Waals surface area (Å²) in [4.78, 5) is 36.3. The van der Waals surface area contributed by atoms with Crippen molar-refractivity contribution < 1.29 is 19.2 Å². The maximum absolute atomic E-state index is 11.9. The summed E-state index contributed by atoms with van der Waals surface area (Å²) in [5.41, 5.74) is 0.309. The van der Waals surface area contributed by atoms with Crippen molar-refractivity contribution in [1.29, 1.82) is 0 Å². The lowest BCUT2D eigenvalue weighted by molar-refractivity contribution is -0.380. The molecular weight excluding hydrogens is 298 g/mol. The van der Waals surface area contributed by atoms with Gasteiger partial charge in [0.15, 0.2) is 5.13 Å². The van der Waals surface area contributed by atoms with Crippen molar-refractivity contribution in [3.63, 3.8) is 0 Å². The molecule has 0 saturated carbocycles. The number of nitrogens with zero attached hydrogens (tertiary/aromatic N) is 2. The van der Waals surface area contributed by atoms with Crippen LogP contribution >= 0.6 is 11.3 Å². The van der Waals surface area contributed by atoms with Gasteiger partial charge in [-0.1, -0.05) is 0 Å². The van der Waals surface area contributed by atoms with E-state index in [1.165, 1.54) is 31.2 Å². The van der Waals surface area contributed by atoms with E-state index in [9.17, 15) is 19.7 Å². The first-order valence-electron chi connectivity index (χ1n) is 5.66. The fourth-order valence-corrected chi connectivity index (χ4v) is 2.04. The Labute approximate surface area is 122 Å². The van der Waals surface area contributed by atoms with Crippen LogP contribution in [0.15, 0.2) is 30.5 Å². The molecule has 108 valence electrons. The van der Waals surface area contributed by atoms with Gasteiger partial charge in [-0.05, 0) is 35.6 Å².